The van der Waals surface area contributed by atoms with Gasteiger partial charge in [-0.05, 0) is 59.1 Å². The van der Waals surface area contributed by atoms with Crippen LogP contribution in [0.15, 0.2) is 52.0 Å². The molecule has 0 saturated carbocycles. The Balaban J connectivity index is 1.92. The van der Waals surface area contributed by atoms with E-state index in [0.717, 1.165) is 10.9 Å². The van der Waals surface area contributed by atoms with Gasteiger partial charge in [-0.15, -0.1) is 0 Å². The van der Waals surface area contributed by atoms with Gasteiger partial charge in [0.2, 0.25) is 0 Å². The third-order valence-electron chi connectivity index (χ3n) is 3.41. The normalized spacial score (nSPS) is 11.2. The molecule has 0 fully saturated rings. The molecule has 2 rings (SSSR count). The van der Waals surface area contributed by atoms with Crippen molar-refractivity contribution in [3.63, 3.8) is 0 Å². The maximum atomic E-state index is 11.9. The van der Waals surface area contributed by atoms with Crippen LogP contribution in [0.25, 0.3) is 0 Å². The van der Waals surface area contributed by atoms with Crippen LogP contribution in [0, 0.1) is 0 Å². The Bertz CT molecular complexity index is 760. The number of phenolic OH excluding ortho intramolecular Hbond substituents is 1. The summed E-state index contributed by atoms with van der Waals surface area (Å²) in [4.78, 5) is 11.9. The first-order valence-corrected chi connectivity index (χ1v) is 8.33. The third kappa shape index (κ3) is 4.83. The molecule has 0 aliphatic rings. The van der Waals surface area contributed by atoms with Gasteiger partial charge in [0.1, 0.15) is 11.5 Å². The molecule has 0 atom stereocenters. The number of aromatic hydroxyl groups is 1. The number of carbonyl (C=O) groups is 1. The summed E-state index contributed by atoms with van der Waals surface area (Å²) >= 11 is 3.43. The van der Waals surface area contributed by atoms with E-state index >= 15 is 0 Å². The fourth-order valence-electron chi connectivity index (χ4n) is 2.04. The molecule has 0 aromatic heterocycles. The highest BCUT2D eigenvalue weighted by Crippen LogP contribution is 2.26. The average Bonchev–Trinajstić information content (AvgIpc) is 2.58. The smallest absolute Gasteiger partial charge is 0.277 e. The zero-order chi connectivity index (χ0) is 17.5. The van der Waals surface area contributed by atoms with Gasteiger partial charge in [-0.3, -0.25) is 4.79 Å². The van der Waals surface area contributed by atoms with Gasteiger partial charge in [-0.1, -0.05) is 25.1 Å². The lowest BCUT2D eigenvalue weighted by Gasteiger charge is -2.09. The van der Waals surface area contributed by atoms with Crippen molar-refractivity contribution < 1.29 is 14.6 Å². The number of halogens is 1. The number of phenols is 1. The van der Waals surface area contributed by atoms with Crippen molar-refractivity contribution in [1.82, 2.24) is 5.43 Å². The van der Waals surface area contributed by atoms with Gasteiger partial charge in [-0.2, -0.15) is 5.10 Å². The fourth-order valence-corrected chi connectivity index (χ4v) is 2.58. The SMILES string of the molecule is CCc1ccc(OCC(=O)N/N=C(\C)c2ccccc2O)c(Br)c1. The highest BCUT2D eigenvalue weighted by Gasteiger charge is 2.07. The Morgan fingerprint density at radius 3 is 2.71 bits per heavy atom. The second-order valence-electron chi connectivity index (χ2n) is 5.16. The van der Waals surface area contributed by atoms with E-state index in [1.807, 2.05) is 18.2 Å². The van der Waals surface area contributed by atoms with Crippen molar-refractivity contribution >= 4 is 27.5 Å². The van der Waals surface area contributed by atoms with E-state index < -0.39 is 0 Å². The van der Waals surface area contributed by atoms with Gasteiger partial charge in [0.05, 0.1) is 10.2 Å². The van der Waals surface area contributed by atoms with Crippen LogP contribution >= 0.6 is 15.9 Å². The molecule has 0 spiro atoms. The number of benzene rings is 2. The molecule has 0 aliphatic heterocycles. The summed E-state index contributed by atoms with van der Waals surface area (Å²) in [5.74, 6) is 0.337. The molecule has 2 N–H and O–H groups in total. The van der Waals surface area contributed by atoms with Gasteiger partial charge >= 0.3 is 0 Å². The lowest BCUT2D eigenvalue weighted by Crippen LogP contribution is -2.25. The number of amides is 1. The quantitative estimate of drug-likeness (QED) is 0.584. The molecule has 24 heavy (non-hydrogen) atoms. The average molecular weight is 391 g/mol. The number of rotatable bonds is 6. The van der Waals surface area contributed by atoms with Crippen LogP contribution in [0.5, 0.6) is 11.5 Å². The van der Waals surface area contributed by atoms with E-state index in [2.05, 4.69) is 33.4 Å². The minimum Gasteiger partial charge on any atom is -0.507 e. The maximum Gasteiger partial charge on any atom is 0.277 e. The lowest BCUT2D eigenvalue weighted by molar-refractivity contribution is -0.123. The third-order valence-corrected chi connectivity index (χ3v) is 4.03. The molecule has 0 unspecified atom stereocenters. The highest BCUT2D eigenvalue weighted by atomic mass is 79.9. The van der Waals surface area contributed by atoms with Gasteiger partial charge in [0, 0.05) is 5.56 Å². The molecule has 0 aliphatic carbocycles. The first-order chi connectivity index (χ1) is 11.5. The van der Waals surface area contributed by atoms with Crippen molar-refractivity contribution in [2.45, 2.75) is 20.3 Å². The Morgan fingerprint density at radius 2 is 2.04 bits per heavy atom. The second kappa shape index (κ2) is 8.49. The van der Waals surface area contributed by atoms with E-state index in [1.54, 1.807) is 31.2 Å². The zero-order valence-electron chi connectivity index (χ0n) is 13.5. The Kier molecular flexibility index (Phi) is 6.37. The van der Waals surface area contributed by atoms with E-state index in [9.17, 15) is 9.90 Å². The van der Waals surface area contributed by atoms with Gasteiger partial charge in [0.25, 0.3) is 5.91 Å². The zero-order valence-corrected chi connectivity index (χ0v) is 15.1. The molecule has 5 nitrogen and oxygen atoms in total. The molecule has 6 heteroatoms. The summed E-state index contributed by atoms with van der Waals surface area (Å²) in [7, 11) is 0. The first kappa shape index (κ1) is 18.0. The molecule has 1 amide bonds. The van der Waals surface area contributed by atoms with Crippen molar-refractivity contribution in [3.05, 3.63) is 58.1 Å². The van der Waals surface area contributed by atoms with Crippen molar-refractivity contribution in [2.75, 3.05) is 6.61 Å². The van der Waals surface area contributed by atoms with Gasteiger partial charge < -0.3 is 9.84 Å². The van der Waals surface area contributed by atoms with Crippen LogP contribution < -0.4 is 10.2 Å². The van der Waals surface area contributed by atoms with Crippen LogP contribution in [0.2, 0.25) is 0 Å². The summed E-state index contributed by atoms with van der Waals surface area (Å²) in [5.41, 5.74) is 4.68. The number of ether oxygens (including phenoxy) is 1. The number of nitrogens with zero attached hydrogens (tertiary/aromatic N) is 1. The summed E-state index contributed by atoms with van der Waals surface area (Å²) in [6, 6.07) is 12.6. The molecule has 2 aromatic rings. The Hall–Kier alpha value is -2.34. The molecule has 0 bridgehead atoms. The summed E-state index contributed by atoms with van der Waals surface area (Å²) < 4.78 is 6.29. The van der Waals surface area contributed by atoms with Crippen LogP contribution in [0.1, 0.15) is 25.0 Å². The molecule has 0 saturated heterocycles. The lowest BCUT2D eigenvalue weighted by atomic mass is 10.1. The van der Waals surface area contributed by atoms with Crippen molar-refractivity contribution in [2.24, 2.45) is 5.10 Å². The number of para-hydroxylation sites is 1. The minimum absolute atomic E-state index is 0.115. The number of nitrogens with one attached hydrogen (secondary N) is 1. The molecular weight excluding hydrogens is 372 g/mol. The van der Waals surface area contributed by atoms with Crippen molar-refractivity contribution in [1.29, 1.82) is 0 Å². The Labute approximate surface area is 149 Å². The van der Waals surface area contributed by atoms with Crippen LogP contribution in [-0.4, -0.2) is 23.3 Å². The fraction of sp³-hybridized carbons (Fsp3) is 0.222. The van der Waals surface area contributed by atoms with Crippen LogP contribution in [0.3, 0.4) is 0 Å². The number of hydrogen-bond donors (Lipinski definition) is 2. The van der Waals surface area contributed by atoms with E-state index in [0.29, 0.717) is 17.0 Å². The first-order valence-electron chi connectivity index (χ1n) is 7.54. The second-order valence-corrected chi connectivity index (χ2v) is 6.01. The number of aryl methyl sites for hydroxylation is 1. The molecule has 0 radical (unpaired) electrons. The monoisotopic (exact) mass is 390 g/mol. The summed E-state index contributed by atoms with van der Waals surface area (Å²) in [5, 5.41) is 13.7. The largest absolute Gasteiger partial charge is 0.507 e. The summed E-state index contributed by atoms with van der Waals surface area (Å²) in [6.45, 7) is 3.62. The van der Waals surface area contributed by atoms with Crippen molar-refractivity contribution in [3.8, 4) is 11.5 Å². The number of carbonyl (C=O) groups excluding carboxylic acids is 1. The predicted molar refractivity (Wildman–Crippen MR) is 97.5 cm³/mol. The van der Waals surface area contributed by atoms with Gasteiger partial charge in [0.15, 0.2) is 6.61 Å². The molecule has 0 heterocycles. The molecular formula is C18H19BrN2O3. The highest BCUT2D eigenvalue weighted by molar-refractivity contribution is 9.10. The Morgan fingerprint density at radius 1 is 1.29 bits per heavy atom. The maximum absolute atomic E-state index is 11.9. The van der Waals surface area contributed by atoms with Gasteiger partial charge in [-0.25, -0.2) is 5.43 Å². The van der Waals surface area contributed by atoms with Crippen LogP contribution in [0.4, 0.5) is 0 Å². The topological polar surface area (TPSA) is 70.9 Å². The molecule has 126 valence electrons. The minimum atomic E-state index is -0.378. The predicted octanol–water partition coefficient (Wildman–Crippen LogP) is 3.64. The standard InChI is InChI=1S/C18H19BrN2O3/c1-3-13-8-9-17(15(19)10-13)24-11-18(23)21-20-12(2)14-6-4-5-7-16(14)22/h4-10,22H,3,11H2,1-2H3,(H,21,23)/b20-12+. The van der Waals surface area contributed by atoms with E-state index in [-0.39, 0.29) is 18.3 Å². The number of hydrazone groups is 1. The van der Waals surface area contributed by atoms with Crippen LogP contribution in [-0.2, 0) is 11.2 Å². The summed E-state index contributed by atoms with van der Waals surface area (Å²) in [6.07, 6.45) is 0.930. The molecule has 2 aromatic carbocycles. The van der Waals surface area contributed by atoms with E-state index in [4.69, 9.17) is 4.74 Å². The van der Waals surface area contributed by atoms with E-state index in [1.165, 1.54) is 5.56 Å². The number of hydrogen-bond acceptors (Lipinski definition) is 4.